The summed E-state index contributed by atoms with van der Waals surface area (Å²) in [4.78, 5) is 2.45. The SMILES string of the molecule is CC(N)c1ccc(-c2ccc(Cl)cc2I)s1. The van der Waals surface area contributed by atoms with Crippen LogP contribution in [0.3, 0.4) is 0 Å². The molecule has 0 bridgehead atoms. The highest BCUT2D eigenvalue weighted by molar-refractivity contribution is 14.1. The Morgan fingerprint density at radius 1 is 1.31 bits per heavy atom. The molecule has 2 aromatic rings. The second-order valence-electron chi connectivity index (χ2n) is 3.61. The monoisotopic (exact) mass is 363 g/mol. The van der Waals surface area contributed by atoms with Crippen molar-refractivity contribution in [1.82, 2.24) is 0 Å². The van der Waals surface area contributed by atoms with Crippen molar-refractivity contribution in [1.29, 1.82) is 0 Å². The van der Waals surface area contributed by atoms with Crippen molar-refractivity contribution in [3.8, 4) is 10.4 Å². The van der Waals surface area contributed by atoms with Gasteiger partial charge in [0.15, 0.2) is 0 Å². The van der Waals surface area contributed by atoms with Gasteiger partial charge in [0, 0.05) is 30.0 Å². The second kappa shape index (κ2) is 5.04. The van der Waals surface area contributed by atoms with E-state index in [4.69, 9.17) is 17.3 Å². The molecule has 0 saturated heterocycles. The molecule has 1 aromatic carbocycles. The minimum Gasteiger partial charge on any atom is -0.324 e. The van der Waals surface area contributed by atoms with Crippen molar-refractivity contribution in [3.63, 3.8) is 0 Å². The molecule has 0 radical (unpaired) electrons. The first-order valence-corrected chi connectivity index (χ1v) is 7.16. The summed E-state index contributed by atoms with van der Waals surface area (Å²) in [6.45, 7) is 2.00. The summed E-state index contributed by atoms with van der Waals surface area (Å²) in [6.07, 6.45) is 0. The van der Waals surface area contributed by atoms with Crippen molar-refractivity contribution in [3.05, 3.63) is 43.8 Å². The van der Waals surface area contributed by atoms with Crippen LogP contribution in [0.5, 0.6) is 0 Å². The Morgan fingerprint density at radius 3 is 2.62 bits per heavy atom. The number of thiophene rings is 1. The summed E-state index contributed by atoms with van der Waals surface area (Å²) in [6, 6.07) is 10.3. The maximum atomic E-state index is 5.94. The molecule has 1 heterocycles. The van der Waals surface area contributed by atoms with Crippen molar-refractivity contribution in [2.24, 2.45) is 5.73 Å². The van der Waals surface area contributed by atoms with Gasteiger partial charge in [0.05, 0.1) is 0 Å². The molecular weight excluding hydrogens is 353 g/mol. The molecule has 2 N–H and O–H groups in total. The van der Waals surface area contributed by atoms with Crippen molar-refractivity contribution in [2.75, 3.05) is 0 Å². The number of halogens is 2. The Morgan fingerprint density at radius 2 is 2.06 bits per heavy atom. The average molecular weight is 364 g/mol. The van der Waals surface area contributed by atoms with Crippen molar-refractivity contribution in [2.45, 2.75) is 13.0 Å². The fraction of sp³-hybridized carbons (Fsp3) is 0.167. The van der Waals surface area contributed by atoms with Gasteiger partial charge in [0.1, 0.15) is 0 Å². The van der Waals surface area contributed by atoms with Gasteiger partial charge in [-0.3, -0.25) is 0 Å². The molecule has 1 unspecified atom stereocenters. The maximum Gasteiger partial charge on any atom is 0.0416 e. The number of hydrogen-bond acceptors (Lipinski definition) is 2. The van der Waals surface area contributed by atoms with E-state index in [1.807, 2.05) is 19.1 Å². The van der Waals surface area contributed by atoms with E-state index in [1.54, 1.807) is 11.3 Å². The first kappa shape index (κ1) is 12.4. The molecule has 0 amide bonds. The molecule has 0 aliphatic rings. The number of benzene rings is 1. The molecule has 0 saturated carbocycles. The minimum absolute atomic E-state index is 0.101. The Kier molecular flexibility index (Phi) is 3.89. The van der Waals surface area contributed by atoms with Gasteiger partial charge in [-0.15, -0.1) is 11.3 Å². The third-order valence-electron chi connectivity index (χ3n) is 2.27. The summed E-state index contributed by atoms with van der Waals surface area (Å²) >= 11 is 9.99. The third kappa shape index (κ3) is 2.59. The lowest BCUT2D eigenvalue weighted by molar-refractivity contribution is 0.838. The Labute approximate surface area is 118 Å². The van der Waals surface area contributed by atoms with E-state index >= 15 is 0 Å². The lowest BCUT2D eigenvalue weighted by Crippen LogP contribution is -2.01. The summed E-state index contributed by atoms with van der Waals surface area (Å²) in [5.74, 6) is 0. The number of rotatable bonds is 2. The fourth-order valence-corrected chi connectivity index (χ4v) is 3.78. The molecule has 4 heteroatoms. The predicted octanol–water partition coefficient (Wildman–Crippen LogP) is 4.69. The second-order valence-corrected chi connectivity index (χ2v) is 6.33. The van der Waals surface area contributed by atoms with Gasteiger partial charge in [0.25, 0.3) is 0 Å². The third-order valence-corrected chi connectivity index (χ3v) is 4.72. The van der Waals surface area contributed by atoms with E-state index in [0.29, 0.717) is 0 Å². The van der Waals surface area contributed by atoms with Crippen LogP contribution in [0.25, 0.3) is 10.4 Å². The minimum atomic E-state index is 0.101. The highest BCUT2D eigenvalue weighted by Gasteiger charge is 2.08. The highest BCUT2D eigenvalue weighted by Crippen LogP contribution is 2.34. The smallest absolute Gasteiger partial charge is 0.0416 e. The van der Waals surface area contributed by atoms with E-state index in [2.05, 4.69) is 40.8 Å². The first-order chi connectivity index (χ1) is 7.58. The fourth-order valence-electron chi connectivity index (χ4n) is 1.43. The molecule has 1 nitrogen and oxygen atoms in total. The molecule has 2 rings (SSSR count). The van der Waals surface area contributed by atoms with Crippen LogP contribution in [0.1, 0.15) is 17.8 Å². The van der Waals surface area contributed by atoms with Gasteiger partial charge in [0.2, 0.25) is 0 Å². The van der Waals surface area contributed by atoms with Crippen LogP contribution >= 0.6 is 45.5 Å². The standard InChI is InChI=1S/C12H11ClINS/c1-7(15)11-4-5-12(16-11)9-3-2-8(13)6-10(9)14/h2-7H,15H2,1H3. The zero-order chi connectivity index (χ0) is 11.7. The maximum absolute atomic E-state index is 5.94. The van der Waals surface area contributed by atoms with Crippen molar-refractivity contribution >= 4 is 45.5 Å². The van der Waals surface area contributed by atoms with Gasteiger partial charge in [-0.2, -0.15) is 0 Å². The van der Waals surface area contributed by atoms with Gasteiger partial charge < -0.3 is 5.73 Å². The molecule has 0 spiro atoms. The Balaban J connectivity index is 2.42. The predicted molar refractivity (Wildman–Crippen MR) is 80.1 cm³/mol. The highest BCUT2D eigenvalue weighted by atomic mass is 127. The quantitative estimate of drug-likeness (QED) is 0.769. The van der Waals surface area contributed by atoms with Crippen molar-refractivity contribution < 1.29 is 0 Å². The van der Waals surface area contributed by atoms with E-state index in [0.717, 1.165) is 5.02 Å². The average Bonchev–Trinajstić information content (AvgIpc) is 2.66. The summed E-state index contributed by atoms with van der Waals surface area (Å²) in [7, 11) is 0. The van der Waals surface area contributed by atoms with Crippen LogP contribution in [-0.2, 0) is 0 Å². The Bertz CT molecular complexity index is 507. The lowest BCUT2D eigenvalue weighted by Gasteiger charge is -2.02. The van der Waals surface area contributed by atoms with E-state index in [9.17, 15) is 0 Å². The number of hydrogen-bond donors (Lipinski definition) is 1. The summed E-state index contributed by atoms with van der Waals surface area (Å²) in [5.41, 5.74) is 7.08. The van der Waals surface area contributed by atoms with Gasteiger partial charge in [-0.25, -0.2) is 0 Å². The van der Waals surface area contributed by atoms with Crippen LogP contribution in [-0.4, -0.2) is 0 Å². The number of nitrogens with two attached hydrogens (primary N) is 1. The zero-order valence-corrected chi connectivity index (χ0v) is 12.4. The zero-order valence-electron chi connectivity index (χ0n) is 8.71. The van der Waals surface area contributed by atoms with Crippen LogP contribution in [0.2, 0.25) is 5.02 Å². The van der Waals surface area contributed by atoms with Gasteiger partial charge in [-0.05, 0) is 53.8 Å². The summed E-state index contributed by atoms with van der Waals surface area (Å²) in [5, 5.41) is 0.775. The lowest BCUT2D eigenvalue weighted by atomic mass is 10.2. The van der Waals surface area contributed by atoms with Gasteiger partial charge >= 0.3 is 0 Å². The molecule has 0 aliphatic carbocycles. The van der Waals surface area contributed by atoms with E-state index < -0.39 is 0 Å². The van der Waals surface area contributed by atoms with Crippen LogP contribution in [0.4, 0.5) is 0 Å². The first-order valence-electron chi connectivity index (χ1n) is 4.88. The Hall–Kier alpha value is -0.100. The molecule has 1 aromatic heterocycles. The molecule has 1 atom stereocenters. The van der Waals surface area contributed by atoms with E-state index in [-0.39, 0.29) is 6.04 Å². The molecule has 0 aliphatic heterocycles. The molecule has 0 fully saturated rings. The largest absolute Gasteiger partial charge is 0.324 e. The van der Waals surface area contributed by atoms with Crippen LogP contribution < -0.4 is 5.73 Å². The molecule has 16 heavy (non-hydrogen) atoms. The normalized spacial score (nSPS) is 12.8. The molecular formula is C12H11ClINS. The van der Waals surface area contributed by atoms with Gasteiger partial charge in [-0.1, -0.05) is 17.7 Å². The topological polar surface area (TPSA) is 26.0 Å². The van der Waals surface area contributed by atoms with Crippen LogP contribution in [0.15, 0.2) is 30.3 Å². The molecule has 84 valence electrons. The van der Waals surface area contributed by atoms with Crippen LogP contribution in [0, 0.1) is 3.57 Å². The summed E-state index contributed by atoms with van der Waals surface area (Å²) < 4.78 is 1.17. The van der Waals surface area contributed by atoms with E-state index in [1.165, 1.54) is 18.9 Å².